The largest absolute Gasteiger partial charge is 0.497 e. The van der Waals surface area contributed by atoms with Gasteiger partial charge in [0.05, 0.1) is 20.1 Å². The minimum Gasteiger partial charge on any atom is -0.497 e. The summed E-state index contributed by atoms with van der Waals surface area (Å²) in [6.07, 6.45) is 1.72. The van der Waals surface area contributed by atoms with Gasteiger partial charge in [0, 0.05) is 50.7 Å². The molecule has 0 saturated carbocycles. The van der Waals surface area contributed by atoms with E-state index in [0.29, 0.717) is 32.0 Å². The minimum atomic E-state index is -0.801. The molecule has 1 N–H and O–H groups in total. The fourth-order valence-corrected chi connectivity index (χ4v) is 5.59. The second-order valence-electron chi connectivity index (χ2n) is 10.8. The molecule has 212 valence electrons. The van der Waals surface area contributed by atoms with Crippen molar-refractivity contribution in [2.75, 3.05) is 46.5 Å². The minimum absolute atomic E-state index is 0.0321. The van der Waals surface area contributed by atoms with Gasteiger partial charge in [-0.2, -0.15) is 0 Å². The lowest BCUT2D eigenvalue weighted by atomic mass is 9.95. The summed E-state index contributed by atoms with van der Waals surface area (Å²) in [4.78, 5) is 29.2. The third kappa shape index (κ3) is 7.87. The van der Waals surface area contributed by atoms with Gasteiger partial charge in [-0.15, -0.1) is 0 Å². The van der Waals surface area contributed by atoms with E-state index in [1.54, 1.807) is 7.11 Å². The van der Waals surface area contributed by atoms with Crippen molar-refractivity contribution in [3.8, 4) is 11.5 Å². The molecule has 2 heterocycles. The standard InChI is InChI=1S/C30H40ClN3O5/c1-21-14-27(15-22(2)29(21)31)38-20-30(17-28(36)34-10-8-25(9-11-34)32-23(3)35)19-33(12-13-39-30)18-24-6-5-7-26(16-24)37-4/h5-7,14-16,25H,8-13,17-20H2,1-4H3,(H,32,35)/t30-/m1/s1. The zero-order valence-corrected chi connectivity index (χ0v) is 24.2. The summed E-state index contributed by atoms with van der Waals surface area (Å²) in [7, 11) is 1.67. The first kappa shape index (κ1) is 29.2. The average molecular weight is 558 g/mol. The van der Waals surface area contributed by atoms with Crippen molar-refractivity contribution >= 4 is 23.4 Å². The predicted octanol–water partition coefficient (Wildman–Crippen LogP) is 4.13. The van der Waals surface area contributed by atoms with Crippen molar-refractivity contribution in [1.29, 1.82) is 0 Å². The van der Waals surface area contributed by atoms with Crippen LogP contribution < -0.4 is 14.8 Å². The molecule has 0 aromatic heterocycles. The molecule has 0 bridgehead atoms. The van der Waals surface area contributed by atoms with Crippen molar-refractivity contribution < 1.29 is 23.8 Å². The first-order chi connectivity index (χ1) is 18.7. The van der Waals surface area contributed by atoms with Crippen LogP contribution in [0, 0.1) is 13.8 Å². The van der Waals surface area contributed by atoms with E-state index >= 15 is 0 Å². The highest BCUT2D eigenvalue weighted by molar-refractivity contribution is 6.32. The molecule has 4 rings (SSSR count). The van der Waals surface area contributed by atoms with Gasteiger partial charge in [-0.05, 0) is 67.6 Å². The van der Waals surface area contributed by atoms with Crippen molar-refractivity contribution in [1.82, 2.24) is 15.1 Å². The Balaban J connectivity index is 1.49. The van der Waals surface area contributed by atoms with E-state index in [1.807, 2.05) is 49.1 Å². The molecule has 0 spiro atoms. The van der Waals surface area contributed by atoms with Gasteiger partial charge < -0.3 is 24.4 Å². The highest BCUT2D eigenvalue weighted by atomic mass is 35.5. The Morgan fingerprint density at radius 2 is 1.82 bits per heavy atom. The smallest absolute Gasteiger partial charge is 0.225 e. The van der Waals surface area contributed by atoms with Crippen LogP contribution >= 0.6 is 11.6 Å². The summed E-state index contributed by atoms with van der Waals surface area (Å²) >= 11 is 6.37. The number of carbonyl (C=O) groups is 2. The number of amides is 2. The molecule has 9 heteroatoms. The zero-order chi connectivity index (χ0) is 28.0. The van der Waals surface area contributed by atoms with E-state index in [9.17, 15) is 9.59 Å². The number of ether oxygens (including phenoxy) is 3. The molecule has 2 aromatic carbocycles. The maximum absolute atomic E-state index is 13.6. The first-order valence-corrected chi connectivity index (χ1v) is 14.0. The summed E-state index contributed by atoms with van der Waals surface area (Å²) in [5.41, 5.74) is 2.23. The third-order valence-electron chi connectivity index (χ3n) is 7.51. The van der Waals surface area contributed by atoms with Gasteiger partial charge in [0.2, 0.25) is 11.8 Å². The second kappa shape index (κ2) is 13.0. The number of halogens is 1. The van der Waals surface area contributed by atoms with E-state index in [2.05, 4.69) is 16.3 Å². The summed E-state index contributed by atoms with van der Waals surface area (Å²) in [6, 6.07) is 12.0. The Kier molecular flexibility index (Phi) is 9.75. The fourth-order valence-electron chi connectivity index (χ4n) is 5.49. The molecule has 2 amide bonds. The Morgan fingerprint density at radius 3 is 2.49 bits per heavy atom. The Hall–Kier alpha value is -2.81. The zero-order valence-electron chi connectivity index (χ0n) is 23.4. The number of hydrogen-bond donors (Lipinski definition) is 1. The van der Waals surface area contributed by atoms with E-state index in [1.165, 1.54) is 6.92 Å². The van der Waals surface area contributed by atoms with Gasteiger partial charge in [0.1, 0.15) is 23.7 Å². The Bertz CT molecular complexity index is 1140. The van der Waals surface area contributed by atoms with Crippen LogP contribution in [0.4, 0.5) is 0 Å². The number of morpholine rings is 1. The van der Waals surface area contributed by atoms with Crippen molar-refractivity contribution in [3.63, 3.8) is 0 Å². The van der Waals surface area contributed by atoms with Gasteiger partial charge in [-0.3, -0.25) is 14.5 Å². The van der Waals surface area contributed by atoms with Crippen LogP contribution in [-0.4, -0.2) is 79.8 Å². The molecule has 0 aliphatic carbocycles. The number of likely N-dealkylation sites (tertiary alicyclic amines) is 1. The van der Waals surface area contributed by atoms with Crippen molar-refractivity contribution in [3.05, 3.63) is 58.1 Å². The quantitative estimate of drug-likeness (QED) is 0.499. The molecule has 39 heavy (non-hydrogen) atoms. The maximum atomic E-state index is 13.6. The lowest BCUT2D eigenvalue weighted by Gasteiger charge is -2.43. The number of nitrogens with one attached hydrogen (secondary N) is 1. The maximum Gasteiger partial charge on any atom is 0.225 e. The number of aryl methyl sites for hydroxylation is 2. The lowest BCUT2D eigenvalue weighted by molar-refractivity contribution is -0.157. The SMILES string of the molecule is COc1cccc(CN2CCO[C@](COc3cc(C)c(Cl)c(C)c3)(CC(=O)N3CCC(NC(C)=O)CC3)C2)c1. The molecule has 1 atom stereocenters. The number of hydrogen-bond acceptors (Lipinski definition) is 6. The summed E-state index contributed by atoms with van der Waals surface area (Å²) in [6.45, 7) is 9.46. The van der Waals surface area contributed by atoms with E-state index in [4.69, 9.17) is 25.8 Å². The Morgan fingerprint density at radius 1 is 1.10 bits per heavy atom. The fraction of sp³-hybridized carbons (Fsp3) is 0.533. The molecular weight excluding hydrogens is 518 g/mol. The molecule has 2 fully saturated rings. The van der Waals surface area contributed by atoms with Crippen LogP contribution in [0.15, 0.2) is 36.4 Å². The summed E-state index contributed by atoms with van der Waals surface area (Å²) < 4.78 is 18.1. The number of nitrogens with zero attached hydrogens (tertiary/aromatic N) is 2. The number of piperidine rings is 1. The topological polar surface area (TPSA) is 80.3 Å². The molecule has 0 unspecified atom stereocenters. The molecule has 2 aliphatic heterocycles. The second-order valence-corrected chi connectivity index (χ2v) is 11.2. The molecule has 8 nitrogen and oxygen atoms in total. The molecule has 2 aromatic rings. The van der Waals surface area contributed by atoms with Gasteiger partial charge in [-0.1, -0.05) is 23.7 Å². The Labute approximate surface area is 236 Å². The van der Waals surface area contributed by atoms with Crippen LogP contribution in [0.3, 0.4) is 0 Å². The van der Waals surface area contributed by atoms with Gasteiger partial charge >= 0.3 is 0 Å². The van der Waals surface area contributed by atoms with E-state index < -0.39 is 5.60 Å². The summed E-state index contributed by atoms with van der Waals surface area (Å²) in [5, 5.41) is 3.70. The van der Waals surface area contributed by atoms with Crippen LogP contribution in [0.5, 0.6) is 11.5 Å². The highest BCUT2D eigenvalue weighted by Gasteiger charge is 2.41. The van der Waals surface area contributed by atoms with Crippen molar-refractivity contribution in [2.45, 2.75) is 58.2 Å². The van der Waals surface area contributed by atoms with Crippen molar-refractivity contribution in [2.24, 2.45) is 0 Å². The van der Waals surface area contributed by atoms with Crippen LogP contribution in [-0.2, 0) is 20.9 Å². The summed E-state index contributed by atoms with van der Waals surface area (Å²) in [5.74, 6) is 1.55. The lowest BCUT2D eigenvalue weighted by Crippen LogP contribution is -2.57. The van der Waals surface area contributed by atoms with Gasteiger partial charge in [0.15, 0.2) is 0 Å². The molecule has 2 saturated heterocycles. The van der Waals surface area contributed by atoms with Gasteiger partial charge in [0.25, 0.3) is 0 Å². The number of rotatable bonds is 9. The monoisotopic (exact) mass is 557 g/mol. The number of methoxy groups -OCH3 is 1. The van der Waals surface area contributed by atoms with Crippen LogP contribution in [0.2, 0.25) is 5.02 Å². The average Bonchev–Trinajstić information content (AvgIpc) is 2.91. The molecular formula is C30H40ClN3O5. The predicted molar refractivity (Wildman–Crippen MR) is 151 cm³/mol. The van der Waals surface area contributed by atoms with Gasteiger partial charge in [-0.25, -0.2) is 0 Å². The first-order valence-electron chi connectivity index (χ1n) is 13.6. The van der Waals surface area contributed by atoms with Crippen LogP contribution in [0.1, 0.15) is 42.9 Å². The number of carbonyl (C=O) groups excluding carboxylic acids is 2. The van der Waals surface area contributed by atoms with E-state index in [-0.39, 0.29) is 30.9 Å². The third-order valence-corrected chi connectivity index (χ3v) is 8.10. The van der Waals surface area contributed by atoms with E-state index in [0.717, 1.165) is 53.4 Å². The number of benzene rings is 2. The molecule has 2 aliphatic rings. The normalized spacial score (nSPS) is 20.5. The highest BCUT2D eigenvalue weighted by Crippen LogP contribution is 2.30. The molecule has 0 radical (unpaired) electrons. The van der Waals surface area contributed by atoms with Crippen LogP contribution in [0.25, 0.3) is 0 Å².